The molecular weight excluding hydrogens is 328 g/mol. The smallest absolute Gasteiger partial charge is 0.324 e. The van der Waals surface area contributed by atoms with Gasteiger partial charge in [0.2, 0.25) is 0 Å². The number of aliphatic hydroxyl groups excluding tert-OH is 1. The second-order valence-corrected chi connectivity index (χ2v) is 6.27. The molecule has 6 nitrogen and oxygen atoms in total. The minimum atomic E-state index is -0.405. The lowest BCUT2D eigenvalue weighted by Gasteiger charge is -2.06. The molecule has 0 spiro atoms. The molecule has 0 unspecified atom stereocenters. The zero-order valence-corrected chi connectivity index (χ0v) is 14.1. The molecule has 0 amide bonds. The average Bonchev–Trinajstić information content (AvgIpc) is 3.06. The first-order valence-corrected chi connectivity index (χ1v) is 8.63. The van der Waals surface area contributed by atoms with Crippen molar-refractivity contribution in [3.8, 4) is 5.75 Å². The largest absolute Gasteiger partial charge is 0.494 e. The molecule has 0 saturated heterocycles. The van der Waals surface area contributed by atoms with Crippen molar-refractivity contribution in [3.63, 3.8) is 0 Å². The molecule has 0 aliphatic carbocycles. The summed E-state index contributed by atoms with van der Waals surface area (Å²) in [5.41, 5.74) is 0.765. The molecule has 1 aromatic carbocycles. The fraction of sp³-hybridized carbons (Fsp3) is 0.353. The van der Waals surface area contributed by atoms with Gasteiger partial charge in [0, 0.05) is 18.9 Å². The lowest BCUT2D eigenvalue weighted by Crippen LogP contribution is -1.97. The van der Waals surface area contributed by atoms with Crippen LogP contribution in [-0.4, -0.2) is 29.5 Å². The molecule has 2 rings (SSSR count). The minimum absolute atomic E-state index is 0.110. The minimum Gasteiger partial charge on any atom is -0.494 e. The Morgan fingerprint density at radius 3 is 2.54 bits per heavy atom. The monoisotopic (exact) mass is 348 g/mol. The number of aliphatic imine (C=N–C) groups is 1. The maximum absolute atomic E-state index is 10.6. The second kappa shape index (κ2) is 9.79. The van der Waals surface area contributed by atoms with Crippen molar-refractivity contribution in [2.24, 2.45) is 4.99 Å². The van der Waals surface area contributed by atoms with Crippen LogP contribution in [0.2, 0.25) is 0 Å². The quantitative estimate of drug-likeness (QED) is 0.299. The molecule has 2 aromatic rings. The van der Waals surface area contributed by atoms with E-state index >= 15 is 0 Å². The summed E-state index contributed by atoms with van der Waals surface area (Å²) >= 11 is 1.09. The Bertz CT molecular complexity index is 667. The Balaban J connectivity index is 1.78. The van der Waals surface area contributed by atoms with Gasteiger partial charge < -0.3 is 9.84 Å². The van der Waals surface area contributed by atoms with Crippen LogP contribution in [0.1, 0.15) is 30.6 Å². The average molecular weight is 348 g/mol. The molecule has 0 atom stereocenters. The maximum Gasteiger partial charge on any atom is 0.324 e. The van der Waals surface area contributed by atoms with Gasteiger partial charge >= 0.3 is 5.00 Å². The van der Waals surface area contributed by atoms with Gasteiger partial charge in [-0.25, -0.2) is 0 Å². The number of thiophene rings is 1. The third-order valence-electron chi connectivity index (χ3n) is 3.29. The van der Waals surface area contributed by atoms with Crippen molar-refractivity contribution in [1.29, 1.82) is 0 Å². The van der Waals surface area contributed by atoms with Crippen molar-refractivity contribution >= 4 is 28.2 Å². The number of nitrogens with zero attached hydrogens (tertiary/aromatic N) is 2. The molecule has 128 valence electrons. The van der Waals surface area contributed by atoms with E-state index in [0.29, 0.717) is 6.61 Å². The van der Waals surface area contributed by atoms with Crippen LogP contribution in [0.5, 0.6) is 5.75 Å². The number of unbranched alkanes of at least 4 members (excludes halogenated alkanes) is 3. The highest BCUT2D eigenvalue weighted by atomic mass is 32.1. The van der Waals surface area contributed by atoms with E-state index in [4.69, 9.17) is 9.84 Å². The number of aliphatic hydroxyl groups is 1. The van der Waals surface area contributed by atoms with E-state index in [0.717, 1.165) is 53.3 Å². The summed E-state index contributed by atoms with van der Waals surface area (Å²) in [6, 6.07) is 10.6. The summed E-state index contributed by atoms with van der Waals surface area (Å²) in [6.45, 7) is 0.911. The first-order valence-electron chi connectivity index (χ1n) is 7.81. The maximum atomic E-state index is 10.6. The van der Waals surface area contributed by atoms with Gasteiger partial charge in [-0.1, -0.05) is 17.8 Å². The van der Waals surface area contributed by atoms with E-state index in [2.05, 4.69) is 4.99 Å². The molecule has 0 bridgehead atoms. The summed E-state index contributed by atoms with van der Waals surface area (Å²) in [5, 5.41) is 19.4. The van der Waals surface area contributed by atoms with Gasteiger partial charge in [0.05, 0.1) is 22.1 Å². The molecule has 0 aliphatic rings. The number of ether oxygens (including phenoxy) is 1. The van der Waals surface area contributed by atoms with Crippen LogP contribution in [-0.2, 0) is 0 Å². The van der Waals surface area contributed by atoms with E-state index in [1.165, 1.54) is 6.07 Å². The number of benzene rings is 1. The highest BCUT2D eigenvalue weighted by molar-refractivity contribution is 7.16. The topological polar surface area (TPSA) is 85.0 Å². The predicted octanol–water partition coefficient (Wildman–Crippen LogP) is 4.34. The number of nitro groups is 1. The summed E-state index contributed by atoms with van der Waals surface area (Å²) in [5.74, 6) is 0.794. The first-order chi connectivity index (χ1) is 11.7. The van der Waals surface area contributed by atoms with Gasteiger partial charge in [-0.15, -0.1) is 0 Å². The van der Waals surface area contributed by atoms with Crippen LogP contribution in [0.3, 0.4) is 0 Å². The lowest BCUT2D eigenvalue weighted by molar-refractivity contribution is -0.380. The molecule has 0 saturated carbocycles. The van der Waals surface area contributed by atoms with Crippen LogP contribution in [0.25, 0.3) is 0 Å². The zero-order chi connectivity index (χ0) is 17.2. The van der Waals surface area contributed by atoms with Gasteiger partial charge in [0.15, 0.2) is 0 Å². The van der Waals surface area contributed by atoms with Crippen molar-refractivity contribution in [1.82, 2.24) is 0 Å². The molecule has 0 fully saturated rings. The van der Waals surface area contributed by atoms with E-state index in [1.54, 1.807) is 12.3 Å². The van der Waals surface area contributed by atoms with Gasteiger partial charge in [-0.05, 0) is 49.6 Å². The fourth-order valence-electron chi connectivity index (χ4n) is 2.03. The second-order valence-electron chi connectivity index (χ2n) is 5.17. The van der Waals surface area contributed by atoms with Gasteiger partial charge in [0.25, 0.3) is 0 Å². The fourth-order valence-corrected chi connectivity index (χ4v) is 2.73. The van der Waals surface area contributed by atoms with Gasteiger partial charge in [0.1, 0.15) is 5.75 Å². The highest BCUT2D eigenvalue weighted by Gasteiger charge is 2.07. The predicted molar refractivity (Wildman–Crippen MR) is 95.7 cm³/mol. The standard InChI is InChI=1S/C17H20N2O4S/c20-11-3-1-2-4-12-23-15-7-5-14(6-8-15)18-13-16-9-10-17(24-16)19(21)22/h5-10,13,20H,1-4,11-12H2. The number of hydrogen-bond acceptors (Lipinski definition) is 6. The summed E-state index contributed by atoms with van der Waals surface area (Å²) in [6.07, 6.45) is 5.51. The van der Waals surface area contributed by atoms with Gasteiger partial charge in [-0.3, -0.25) is 15.1 Å². The van der Waals surface area contributed by atoms with Crippen molar-refractivity contribution in [3.05, 3.63) is 51.4 Å². The van der Waals surface area contributed by atoms with Crippen LogP contribution in [0.15, 0.2) is 41.4 Å². The van der Waals surface area contributed by atoms with E-state index in [9.17, 15) is 10.1 Å². The van der Waals surface area contributed by atoms with Crippen molar-refractivity contribution in [2.75, 3.05) is 13.2 Å². The molecule has 1 N–H and O–H groups in total. The molecule has 0 radical (unpaired) electrons. The third-order valence-corrected chi connectivity index (χ3v) is 4.26. The summed E-state index contributed by atoms with van der Waals surface area (Å²) in [4.78, 5) is 15.3. The van der Waals surface area contributed by atoms with E-state index < -0.39 is 4.92 Å². The molecular formula is C17H20N2O4S. The molecule has 24 heavy (non-hydrogen) atoms. The highest BCUT2D eigenvalue weighted by Crippen LogP contribution is 2.24. The lowest BCUT2D eigenvalue weighted by atomic mass is 10.2. The number of hydrogen-bond donors (Lipinski definition) is 1. The Morgan fingerprint density at radius 2 is 1.88 bits per heavy atom. The van der Waals surface area contributed by atoms with Crippen LogP contribution in [0.4, 0.5) is 10.7 Å². The summed E-state index contributed by atoms with van der Waals surface area (Å²) < 4.78 is 5.65. The number of rotatable bonds is 10. The normalized spacial score (nSPS) is 11.0. The molecule has 1 aromatic heterocycles. The SMILES string of the molecule is O=[N+]([O-])c1ccc(C=Nc2ccc(OCCCCCCO)cc2)s1. The molecule has 7 heteroatoms. The summed E-state index contributed by atoms with van der Waals surface area (Å²) in [7, 11) is 0. The molecule has 1 heterocycles. The molecule has 0 aliphatic heterocycles. The Labute approximate surface area is 144 Å². The van der Waals surface area contributed by atoms with E-state index in [1.807, 2.05) is 24.3 Å². The van der Waals surface area contributed by atoms with Crippen LogP contribution in [0, 0.1) is 10.1 Å². The Hall–Kier alpha value is -2.25. The van der Waals surface area contributed by atoms with Crippen molar-refractivity contribution < 1.29 is 14.8 Å². The van der Waals surface area contributed by atoms with Crippen molar-refractivity contribution in [2.45, 2.75) is 25.7 Å². The Kier molecular flexibility index (Phi) is 7.38. The third kappa shape index (κ3) is 6.10. The zero-order valence-electron chi connectivity index (χ0n) is 13.3. The Morgan fingerprint density at radius 1 is 1.12 bits per heavy atom. The van der Waals surface area contributed by atoms with Crippen LogP contribution >= 0.6 is 11.3 Å². The van der Waals surface area contributed by atoms with Gasteiger partial charge in [-0.2, -0.15) is 0 Å². The first kappa shape index (κ1) is 18.1. The van der Waals surface area contributed by atoms with E-state index in [-0.39, 0.29) is 11.6 Å². The van der Waals surface area contributed by atoms with Crippen LogP contribution < -0.4 is 4.74 Å².